The lowest BCUT2D eigenvalue weighted by Crippen LogP contribution is -2.17. The van der Waals surface area contributed by atoms with Crippen LogP contribution in [-0.2, 0) is 0 Å². The number of nitrogens with zero attached hydrogens (tertiary/aromatic N) is 2. The van der Waals surface area contributed by atoms with Crippen LogP contribution in [0.2, 0.25) is 0 Å². The van der Waals surface area contributed by atoms with Crippen molar-refractivity contribution in [3.8, 4) is 0 Å². The van der Waals surface area contributed by atoms with Gasteiger partial charge in [-0.05, 0) is 71.6 Å². The number of aryl methyl sites for hydroxylation is 1. The second-order valence-electron chi connectivity index (χ2n) is 5.19. The molecule has 0 bridgehead atoms. The number of hydrogen-bond acceptors (Lipinski definition) is 3. The van der Waals surface area contributed by atoms with Crippen LogP contribution in [0.5, 0.6) is 0 Å². The Bertz CT molecular complexity index is 589. The van der Waals surface area contributed by atoms with Crippen LogP contribution in [0.25, 0.3) is 0 Å². The van der Waals surface area contributed by atoms with Gasteiger partial charge >= 0.3 is 0 Å². The first kappa shape index (κ1) is 13.4. The van der Waals surface area contributed by atoms with Crippen LogP contribution < -0.4 is 10.2 Å². The molecule has 3 nitrogen and oxygen atoms in total. The molecule has 3 rings (SSSR count). The third-order valence-electron chi connectivity index (χ3n) is 3.65. The predicted molar refractivity (Wildman–Crippen MR) is 87.8 cm³/mol. The molecule has 20 heavy (non-hydrogen) atoms. The zero-order valence-electron chi connectivity index (χ0n) is 11.6. The van der Waals surface area contributed by atoms with Gasteiger partial charge in [0, 0.05) is 35.1 Å². The van der Waals surface area contributed by atoms with Gasteiger partial charge in [-0.2, -0.15) is 0 Å². The number of nitrogens with one attached hydrogen (secondary N) is 1. The second kappa shape index (κ2) is 5.83. The van der Waals surface area contributed by atoms with Gasteiger partial charge in [-0.15, -0.1) is 0 Å². The maximum Gasteiger partial charge on any atom is 0.133 e. The van der Waals surface area contributed by atoms with Gasteiger partial charge in [-0.25, -0.2) is 4.98 Å². The highest BCUT2D eigenvalue weighted by Crippen LogP contribution is 2.25. The van der Waals surface area contributed by atoms with E-state index in [9.17, 15) is 0 Å². The highest BCUT2D eigenvalue weighted by atomic mass is 79.9. The van der Waals surface area contributed by atoms with E-state index in [1.165, 1.54) is 31.6 Å². The number of pyridine rings is 1. The van der Waals surface area contributed by atoms with Crippen molar-refractivity contribution < 1.29 is 0 Å². The molecule has 0 atom stereocenters. The van der Waals surface area contributed by atoms with Crippen LogP contribution in [-0.4, -0.2) is 18.1 Å². The minimum Gasteiger partial charge on any atom is -0.372 e. The lowest BCUT2D eigenvalue weighted by molar-refractivity contribution is 0.949. The monoisotopic (exact) mass is 331 g/mol. The minimum absolute atomic E-state index is 0.905. The highest BCUT2D eigenvalue weighted by molar-refractivity contribution is 9.10. The molecule has 0 radical (unpaired) electrons. The van der Waals surface area contributed by atoms with Crippen LogP contribution in [0, 0.1) is 6.92 Å². The summed E-state index contributed by atoms with van der Waals surface area (Å²) in [6, 6.07) is 10.7. The Hall–Kier alpha value is -1.55. The van der Waals surface area contributed by atoms with E-state index >= 15 is 0 Å². The van der Waals surface area contributed by atoms with Crippen LogP contribution in [0.1, 0.15) is 18.4 Å². The number of benzene rings is 1. The fourth-order valence-electron chi connectivity index (χ4n) is 2.54. The Kier molecular flexibility index (Phi) is 3.92. The van der Waals surface area contributed by atoms with Crippen molar-refractivity contribution in [2.24, 2.45) is 0 Å². The Morgan fingerprint density at radius 2 is 1.85 bits per heavy atom. The van der Waals surface area contributed by atoms with Crippen molar-refractivity contribution in [1.82, 2.24) is 4.98 Å². The van der Waals surface area contributed by atoms with Gasteiger partial charge in [0.15, 0.2) is 0 Å². The zero-order valence-corrected chi connectivity index (χ0v) is 13.2. The number of hydrogen-bond donors (Lipinski definition) is 1. The number of rotatable bonds is 3. The summed E-state index contributed by atoms with van der Waals surface area (Å²) in [5, 5.41) is 3.37. The van der Waals surface area contributed by atoms with E-state index in [2.05, 4.69) is 68.4 Å². The molecule has 4 heteroatoms. The molecule has 1 aromatic carbocycles. The van der Waals surface area contributed by atoms with Crippen LogP contribution in [0.4, 0.5) is 17.2 Å². The van der Waals surface area contributed by atoms with Crippen molar-refractivity contribution in [3.05, 3.63) is 46.6 Å². The molecule has 1 aromatic heterocycles. The molecule has 0 amide bonds. The summed E-state index contributed by atoms with van der Waals surface area (Å²) in [4.78, 5) is 6.84. The molecule has 0 spiro atoms. The van der Waals surface area contributed by atoms with Gasteiger partial charge in [-0.3, -0.25) is 0 Å². The van der Waals surface area contributed by atoms with Gasteiger partial charge in [-0.1, -0.05) is 0 Å². The molecule has 104 valence electrons. The molecule has 2 heterocycles. The van der Waals surface area contributed by atoms with Crippen molar-refractivity contribution in [2.75, 3.05) is 23.3 Å². The quantitative estimate of drug-likeness (QED) is 0.897. The van der Waals surface area contributed by atoms with Crippen molar-refractivity contribution >= 4 is 33.1 Å². The lowest BCUT2D eigenvalue weighted by Gasteiger charge is -2.18. The van der Waals surface area contributed by atoms with Crippen molar-refractivity contribution in [1.29, 1.82) is 0 Å². The molecule has 0 aliphatic carbocycles. The molecule has 1 fully saturated rings. The minimum atomic E-state index is 0.905. The van der Waals surface area contributed by atoms with E-state index < -0.39 is 0 Å². The van der Waals surface area contributed by atoms with Gasteiger partial charge in [0.25, 0.3) is 0 Å². The maximum atomic E-state index is 4.40. The summed E-state index contributed by atoms with van der Waals surface area (Å²) in [5.74, 6) is 0.905. The highest BCUT2D eigenvalue weighted by Gasteiger charge is 2.11. The molecule has 1 aliphatic rings. The standard InChI is InChI=1S/C16H18BrN3/c1-12-10-13(17)11-18-16(12)19-14-4-6-15(7-5-14)20-8-2-3-9-20/h4-7,10-11H,2-3,8-9H2,1H3,(H,18,19). The topological polar surface area (TPSA) is 28.2 Å². The molecule has 1 N–H and O–H groups in total. The van der Waals surface area contributed by atoms with E-state index in [1.54, 1.807) is 0 Å². The fourth-order valence-corrected chi connectivity index (χ4v) is 2.98. The largest absolute Gasteiger partial charge is 0.372 e. The van der Waals surface area contributed by atoms with Crippen LogP contribution in [0.15, 0.2) is 41.0 Å². The van der Waals surface area contributed by atoms with Gasteiger partial charge in [0.1, 0.15) is 5.82 Å². The molecule has 1 saturated heterocycles. The zero-order chi connectivity index (χ0) is 13.9. The number of halogens is 1. The van der Waals surface area contributed by atoms with Crippen molar-refractivity contribution in [2.45, 2.75) is 19.8 Å². The summed E-state index contributed by atoms with van der Waals surface area (Å²) >= 11 is 3.43. The maximum absolute atomic E-state index is 4.40. The molecule has 0 saturated carbocycles. The van der Waals surface area contributed by atoms with E-state index in [0.717, 1.165) is 21.5 Å². The summed E-state index contributed by atoms with van der Waals surface area (Å²) < 4.78 is 1.00. The molecule has 0 unspecified atom stereocenters. The Labute approximate surface area is 128 Å². The third kappa shape index (κ3) is 2.96. The van der Waals surface area contributed by atoms with Crippen LogP contribution in [0.3, 0.4) is 0 Å². The smallest absolute Gasteiger partial charge is 0.133 e. The van der Waals surface area contributed by atoms with E-state index in [-0.39, 0.29) is 0 Å². The molecule has 2 aromatic rings. The summed E-state index contributed by atoms with van der Waals surface area (Å²) in [5.41, 5.74) is 3.52. The van der Waals surface area contributed by atoms with Crippen LogP contribution >= 0.6 is 15.9 Å². The predicted octanol–water partition coefficient (Wildman–Crippen LogP) is 4.50. The Morgan fingerprint density at radius 1 is 1.15 bits per heavy atom. The van der Waals surface area contributed by atoms with Gasteiger partial charge in [0.05, 0.1) is 0 Å². The normalized spacial score (nSPS) is 14.6. The Morgan fingerprint density at radius 3 is 2.50 bits per heavy atom. The number of aromatic nitrogens is 1. The SMILES string of the molecule is Cc1cc(Br)cnc1Nc1ccc(N2CCCC2)cc1. The summed E-state index contributed by atoms with van der Waals surface area (Å²) in [6.45, 7) is 4.42. The average molecular weight is 332 g/mol. The first-order valence-corrected chi connectivity index (χ1v) is 7.76. The summed E-state index contributed by atoms with van der Waals surface area (Å²) in [6.07, 6.45) is 4.43. The van der Waals surface area contributed by atoms with E-state index in [0.29, 0.717) is 0 Å². The average Bonchev–Trinajstić information content (AvgIpc) is 2.97. The molecular formula is C16H18BrN3. The van der Waals surface area contributed by atoms with E-state index in [1.807, 2.05) is 6.20 Å². The summed E-state index contributed by atoms with van der Waals surface area (Å²) in [7, 11) is 0. The van der Waals surface area contributed by atoms with E-state index in [4.69, 9.17) is 0 Å². The molecular weight excluding hydrogens is 314 g/mol. The number of anilines is 3. The first-order chi connectivity index (χ1) is 9.72. The van der Waals surface area contributed by atoms with Gasteiger partial charge in [0.2, 0.25) is 0 Å². The Balaban J connectivity index is 1.74. The first-order valence-electron chi connectivity index (χ1n) is 6.96. The third-order valence-corrected chi connectivity index (χ3v) is 4.08. The lowest BCUT2D eigenvalue weighted by atomic mass is 10.2. The van der Waals surface area contributed by atoms with Crippen molar-refractivity contribution in [3.63, 3.8) is 0 Å². The second-order valence-corrected chi connectivity index (χ2v) is 6.10. The molecule has 1 aliphatic heterocycles. The fraction of sp³-hybridized carbons (Fsp3) is 0.312. The van der Waals surface area contributed by atoms with Gasteiger partial charge < -0.3 is 10.2 Å².